The van der Waals surface area contributed by atoms with Crippen molar-refractivity contribution in [1.29, 1.82) is 0 Å². The molecular formula is C20H22BrN3O3. The molecule has 1 aliphatic rings. The molecule has 0 radical (unpaired) electrons. The number of hydrogen-bond acceptors (Lipinski definition) is 4. The van der Waals surface area contributed by atoms with Crippen LogP contribution in [0.5, 0.6) is 11.5 Å². The average Bonchev–Trinajstić information content (AvgIpc) is 2.81. The zero-order chi connectivity index (χ0) is 19.6. The smallest absolute Gasteiger partial charge is 0.337 e. The highest BCUT2D eigenvalue weighted by Crippen LogP contribution is 2.34. The summed E-state index contributed by atoms with van der Waals surface area (Å²) in [7, 11) is 4.83. The van der Waals surface area contributed by atoms with E-state index in [0.717, 1.165) is 21.2 Å². The molecule has 0 bridgehead atoms. The summed E-state index contributed by atoms with van der Waals surface area (Å²) in [5.74, 6) is 1.28. The molecular weight excluding hydrogens is 410 g/mol. The van der Waals surface area contributed by atoms with Crippen molar-refractivity contribution in [2.45, 2.75) is 19.4 Å². The molecule has 6 nitrogen and oxygen atoms in total. The van der Waals surface area contributed by atoms with Gasteiger partial charge >= 0.3 is 6.03 Å². The highest BCUT2D eigenvalue weighted by molar-refractivity contribution is 9.10. The molecule has 3 rings (SSSR count). The van der Waals surface area contributed by atoms with E-state index in [9.17, 15) is 4.79 Å². The van der Waals surface area contributed by atoms with Gasteiger partial charge in [0.1, 0.15) is 0 Å². The van der Waals surface area contributed by atoms with Gasteiger partial charge in [-0.2, -0.15) is 5.10 Å². The number of nitrogens with one attached hydrogen (secondary N) is 1. The number of rotatable bonds is 3. The van der Waals surface area contributed by atoms with Gasteiger partial charge in [0.2, 0.25) is 0 Å². The summed E-state index contributed by atoms with van der Waals surface area (Å²) >= 11 is 3.52. The molecule has 0 saturated heterocycles. The zero-order valence-electron chi connectivity index (χ0n) is 15.7. The van der Waals surface area contributed by atoms with Crippen molar-refractivity contribution in [3.05, 3.63) is 57.6 Å². The van der Waals surface area contributed by atoms with E-state index in [1.54, 1.807) is 21.3 Å². The van der Waals surface area contributed by atoms with E-state index < -0.39 is 0 Å². The SMILES string of the molecule is CNC(=O)N1N=C(c2cccc(Br)c2)c2cc(OC)c(OC)cc2CC1C. The van der Waals surface area contributed by atoms with Gasteiger partial charge in [0.25, 0.3) is 0 Å². The molecule has 7 heteroatoms. The molecule has 1 N–H and O–H groups in total. The van der Waals surface area contributed by atoms with Crippen molar-refractivity contribution < 1.29 is 14.3 Å². The second-order valence-corrected chi connectivity index (χ2v) is 7.19. The van der Waals surface area contributed by atoms with Crippen molar-refractivity contribution in [1.82, 2.24) is 10.3 Å². The summed E-state index contributed by atoms with van der Waals surface area (Å²) in [6.07, 6.45) is 0.643. The summed E-state index contributed by atoms with van der Waals surface area (Å²) in [5.41, 5.74) is 3.58. The van der Waals surface area contributed by atoms with Crippen LogP contribution >= 0.6 is 15.9 Å². The first-order valence-electron chi connectivity index (χ1n) is 8.59. The lowest BCUT2D eigenvalue weighted by atomic mass is 9.94. The summed E-state index contributed by atoms with van der Waals surface area (Å²) in [4.78, 5) is 12.4. The van der Waals surface area contributed by atoms with Crippen LogP contribution in [0.3, 0.4) is 0 Å². The van der Waals surface area contributed by atoms with E-state index in [0.29, 0.717) is 23.6 Å². The molecule has 1 heterocycles. The highest BCUT2D eigenvalue weighted by Gasteiger charge is 2.28. The fourth-order valence-corrected chi connectivity index (χ4v) is 3.58. The Labute approximate surface area is 167 Å². The Hall–Kier alpha value is -2.54. The zero-order valence-corrected chi connectivity index (χ0v) is 17.3. The maximum Gasteiger partial charge on any atom is 0.337 e. The number of carbonyl (C=O) groups excluding carboxylic acids is 1. The summed E-state index contributed by atoms with van der Waals surface area (Å²) < 4.78 is 11.9. The Bertz CT molecular complexity index is 898. The van der Waals surface area contributed by atoms with Crippen molar-refractivity contribution in [2.75, 3.05) is 21.3 Å². The molecule has 1 atom stereocenters. The standard InChI is InChI=1S/C20H22BrN3O3/c1-12-8-14-10-17(26-3)18(27-4)11-16(14)19(23-24(12)20(25)22-2)13-6-5-7-15(21)9-13/h5-7,9-12H,8H2,1-4H3,(H,22,25). The molecule has 2 amide bonds. The maximum atomic E-state index is 12.4. The van der Waals surface area contributed by atoms with Gasteiger partial charge in [0.05, 0.1) is 26.0 Å². The number of amides is 2. The summed E-state index contributed by atoms with van der Waals surface area (Å²) in [6, 6.07) is 11.4. The largest absolute Gasteiger partial charge is 0.493 e. The topological polar surface area (TPSA) is 63.2 Å². The van der Waals surface area contributed by atoms with Crippen LogP contribution in [0.2, 0.25) is 0 Å². The minimum Gasteiger partial charge on any atom is -0.493 e. The van der Waals surface area contributed by atoms with Crippen LogP contribution < -0.4 is 14.8 Å². The maximum absolute atomic E-state index is 12.4. The van der Waals surface area contributed by atoms with Gasteiger partial charge in [0, 0.05) is 22.6 Å². The number of benzene rings is 2. The van der Waals surface area contributed by atoms with Crippen LogP contribution in [0, 0.1) is 0 Å². The van der Waals surface area contributed by atoms with Gasteiger partial charge in [-0.25, -0.2) is 9.80 Å². The minimum atomic E-state index is -0.248. The Morgan fingerprint density at radius 3 is 2.56 bits per heavy atom. The molecule has 0 saturated carbocycles. The van der Waals surface area contributed by atoms with Crippen LogP contribution in [-0.4, -0.2) is 44.1 Å². The molecule has 27 heavy (non-hydrogen) atoms. The van der Waals surface area contributed by atoms with Crippen molar-refractivity contribution >= 4 is 27.7 Å². The van der Waals surface area contributed by atoms with Crippen molar-refractivity contribution in [3.8, 4) is 11.5 Å². The van der Waals surface area contributed by atoms with Gasteiger partial charge in [0.15, 0.2) is 11.5 Å². The van der Waals surface area contributed by atoms with Gasteiger partial charge < -0.3 is 14.8 Å². The number of hydrazone groups is 1. The minimum absolute atomic E-state index is 0.119. The number of urea groups is 1. The van der Waals surface area contributed by atoms with E-state index in [-0.39, 0.29) is 12.1 Å². The van der Waals surface area contributed by atoms with E-state index >= 15 is 0 Å². The third-order valence-corrected chi connectivity index (χ3v) is 5.02. The predicted octanol–water partition coefficient (Wildman–Crippen LogP) is 3.80. The van der Waals surface area contributed by atoms with Gasteiger partial charge in [-0.3, -0.25) is 0 Å². The first kappa shape index (κ1) is 19.2. The lowest BCUT2D eigenvalue weighted by molar-refractivity contribution is 0.184. The average molecular weight is 432 g/mol. The third-order valence-electron chi connectivity index (χ3n) is 4.53. The molecule has 0 aromatic heterocycles. The number of ether oxygens (including phenoxy) is 2. The number of nitrogens with zero attached hydrogens (tertiary/aromatic N) is 2. The van der Waals surface area contributed by atoms with E-state index in [2.05, 4.69) is 21.2 Å². The van der Waals surface area contributed by atoms with Crippen LogP contribution in [-0.2, 0) is 6.42 Å². The molecule has 2 aromatic carbocycles. The first-order chi connectivity index (χ1) is 13.0. The summed E-state index contributed by atoms with van der Waals surface area (Å²) in [6.45, 7) is 1.98. The fraction of sp³-hybridized carbons (Fsp3) is 0.300. The highest BCUT2D eigenvalue weighted by atomic mass is 79.9. The Morgan fingerprint density at radius 2 is 1.93 bits per heavy atom. The number of methoxy groups -OCH3 is 2. The number of halogens is 1. The van der Waals surface area contributed by atoms with Crippen LogP contribution in [0.1, 0.15) is 23.6 Å². The van der Waals surface area contributed by atoms with E-state index in [1.165, 1.54) is 5.01 Å². The van der Waals surface area contributed by atoms with Gasteiger partial charge in [-0.05, 0) is 43.2 Å². The van der Waals surface area contributed by atoms with Crippen LogP contribution in [0.4, 0.5) is 4.79 Å². The molecule has 1 unspecified atom stereocenters. The van der Waals surface area contributed by atoms with E-state index in [4.69, 9.17) is 14.6 Å². The van der Waals surface area contributed by atoms with E-state index in [1.807, 2.05) is 43.3 Å². The number of hydrogen-bond donors (Lipinski definition) is 1. The lowest BCUT2D eigenvalue weighted by Gasteiger charge is -2.22. The molecule has 142 valence electrons. The predicted molar refractivity (Wildman–Crippen MR) is 109 cm³/mol. The Kier molecular flexibility index (Phi) is 5.70. The fourth-order valence-electron chi connectivity index (χ4n) is 3.18. The third kappa shape index (κ3) is 3.78. The van der Waals surface area contributed by atoms with Gasteiger partial charge in [-0.1, -0.05) is 28.1 Å². The second-order valence-electron chi connectivity index (χ2n) is 6.28. The summed E-state index contributed by atoms with van der Waals surface area (Å²) in [5, 5.41) is 8.90. The molecule has 0 spiro atoms. The van der Waals surface area contributed by atoms with Gasteiger partial charge in [-0.15, -0.1) is 0 Å². The monoisotopic (exact) mass is 431 g/mol. The van der Waals surface area contributed by atoms with Crippen LogP contribution in [0.15, 0.2) is 46.0 Å². The Balaban J connectivity index is 2.26. The first-order valence-corrected chi connectivity index (χ1v) is 9.38. The molecule has 1 aliphatic heterocycles. The second kappa shape index (κ2) is 8.00. The van der Waals surface area contributed by atoms with Crippen molar-refractivity contribution in [2.24, 2.45) is 5.10 Å². The quantitative estimate of drug-likeness (QED) is 0.803. The lowest BCUT2D eigenvalue weighted by Crippen LogP contribution is -2.41. The van der Waals surface area contributed by atoms with Crippen LogP contribution in [0.25, 0.3) is 0 Å². The molecule has 0 fully saturated rings. The molecule has 2 aromatic rings. The molecule has 0 aliphatic carbocycles. The van der Waals surface area contributed by atoms with Crippen molar-refractivity contribution in [3.63, 3.8) is 0 Å². The number of fused-ring (bicyclic) bond motifs is 1. The number of carbonyl (C=O) groups is 1. The normalized spacial score (nSPS) is 16.1. The Morgan fingerprint density at radius 1 is 1.22 bits per heavy atom.